The van der Waals surface area contributed by atoms with Gasteiger partial charge in [0.2, 0.25) is 0 Å². The number of methoxy groups -OCH3 is 1. The molecule has 2 radical (unpaired) electrons. The van der Waals surface area contributed by atoms with Gasteiger partial charge in [-0.3, -0.25) is 0 Å². The van der Waals surface area contributed by atoms with Crippen LogP contribution in [-0.4, -0.2) is 36.1 Å². The summed E-state index contributed by atoms with van der Waals surface area (Å²) in [5.41, 5.74) is 1.39. The van der Waals surface area contributed by atoms with Gasteiger partial charge in [-0.25, -0.2) is 0 Å². The predicted octanol–water partition coefficient (Wildman–Crippen LogP) is 6.58. The number of ether oxygens (including phenoxy) is 1. The Morgan fingerprint density at radius 1 is 0.833 bits per heavy atom. The van der Waals surface area contributed by atoms with E-state index in [1.165, 1.54) is 63.7 Å². The van der Waals surface area contributed by atoms with E-state index in [9.17, 15) is 16.9 Å². The Hall–Kier alpha value is -0.415. The second-order valence-electron chi connectivity index (χ2n) is 9.38. The molecule has 10 heteroatoms. The van der Waals surface area contributed by atoms with Gasteiger partial charge in [0.05, 0.1) is 7.11 Å². The molecular weight excluding hydrogens is 719 g/mol. The van der Waals surface area contributed by atoms with Crippen molar-refractivity contribution in [2.75, 3.05) is 7.11 Å². The number of unbranched alkanes of at least 4 members (excludes halogenated alkanes) is 4. The number of rotatable bonds is 14. The second kappa shape index (κ2) is 14.1. The van der Waals surface area contributed by atoms with Crippen molar-refractivity contribution < 1.29 is 42.8 Å². The number of hydrogen-bond donors (Lipinski definition) is 0. The molecule has 0 unspecified atom stereocenters. The fraction of sp³-hybridized carbons (Fsp3) is 0.538. The van der Waals surface area contributed by atoms with E-state index in [1.807, 2.05) is 0 Å². The van der Waals surface area contributed by atoms with E-state index in [4.69, 9.17) is 4.74 Å². The van der Waals surface area contributed by atoms with Gasteiger partial charge < -0.3 is 4.74 Å². The fourth-order valence-electron chi connectivity index (χ4n) is 3.57. The molecule has 36 heavy (non-hydrogen) atoms. The van der Waals surface area contributed by atoms with Crippen LogP contribution in [0.15, 0.2) is 48.5 Å². The third-order valence-electron chi connectivity index (χ3n) is 5.33. The van der Waals surface area contributed by atoms with Gasteiger partial charge in [0.15, 0.2) is 7.14 Å². The van der Waals surface area contributed by atoms with Crippen molar-refractivity contribution in [3.63, 3.8) is 0 Å². The van der Waals surface area contributed by atoms with Crippen molar-refractivity contribution in [1.82, 2.24) is 0 Å². The summed E-state index contributed by atoms with van der Waals surface area (Å²) >= 11 is -11.4. The van der Waals surface area contributed by atoms with Crippen molar-refractivity contribution in [3.05, 3.63) is 61.2 Å². The Labute approximate surface area is 227 Å². The average Bonchev–Trinajstić information content (AvgIpc) is 2.75. The summed E-state index contributed by atoms with van der Waals surface area (Å²) in [5.74, 6) is 1.06. The van der Waals surface area contributed by atoms with E-state index in [-0.39, 0.29) is 21.2 Å². The predicted molar refractivity (Wildman–Crippen MR) is 136 cm³/mol. The SMILES string of the molecule is CCCCCCCC(C)(C)[Si]CCCc1cc([I+]c2ccccc2)ccc1OC.[F][Sb-]([F])([F])([F])([F])[F]. The van der Waals surface area contributed by atoms with Gasteiger partial charge in [-0.2, -0.15) is 0 Å². The van der Waals surface area contributed by atoms with Crippen molar-refractivity contribution in [1.29, 1.82) is 0 Å². The van der Waals surface area contributed by atoms with Gasteiger partial charge in [0.25, 0.3) is 0 Å². The van der Waals surface area contributed by atoms with Gasteiger partial charge in [-0.05, 0) is 47.4 Å². The average molecular weight is 757 g/mol. The van der Waals surface area contributed by atoms with Crippen molar-refractivity contribution in [3.8, 4) is 5.75 Å². The molecule has 0 aliphatic carbocycles. The second-order valence-corrected chi connectivity index (χ2v) is 20.1. The van der Waals surface area contributed by atoms with E-state index >= 15 is 0 Å². The number of hydrogen-bond acceptors (Lipinski definition) is 1. The van der Waals surface area contributed by atoms with E-state index in [1.54, 1.807) is 7.11 Å². The summed E-state index contributed by atoms with van der Waals surface area (Å²) in [6.07, 6.45) is 10.7. The molecule has 2 rings (SSSR count). The minimum absolute atomic E-state index is 0.111. The Balaban J connectivity index is 0.000000809. The van der Waals surface area contributed by atoms with Crippen LogP contribution in [0.5, 0.6) is 5.75 Å². The van der Waals surface area contributed by atoms with Crippen LogP contribution in [0.3, 0.4) is 0 Å². The molecule has 2 aromatic carbocycles. The molecule has 0 heterocycles. The molecule has 0 fully saturated rings. The molecule has 0 atom stereocenters. The molecule has 0 aliphatic rings. The van der Waals surface area contributed by atoms with Crippen molar-refractivity contribution >= 4 is 29.0 Å². The Kier molecular flexibility index (Phi) is 13.2. The summed E-state index contributed by atoms with van der Waals surface area (Å²) in [5, 5.41) is 0.511. The van der Waals surface area contributed by atoms with Gasteiger partial charge >= 0.3 is 57.6 Å². The van der Waals surface area contributed by atoms with Gasteiger partial charge in [0, 0.05) is 9.52 Å². The van der Waals surface area contributed by atoms with Crippen molar-refractivity contribution in [2.45, 2.75) is 83.2 Å². The first kappa shape index (κ1) is 33.6. The molecule has 0 saturated carbocycles. The van der Waals surface area contributed by atoms with Crippen LogP contribution in [0.2, 0.25) is 11.1 Å². The maximum absolute atomic E-state index is 11.2. The molecule has 0 amide bonds. The van der Waals surface area contributed by atoms with E-state index in [2.05, 4.69) is 69.3 Å². The standard InChI is InChI=1S/C26H38IOSi.6FH.Sb/c1-5-6-7-8-12-19-26(2,3)29-20-13-14-22-21-24(17-18-25(22)28-4)27-23-15-10-9-11-16-23;;;;;;;/h9-11,15-18,21H,5-8,12-14,19-20H2,1-4H3;6*1H;/q+1;;;;;;;+5/p-6. The van der Waals surface area contributed by atoms with Crippen LogP contribution in [0, 0.1) is 7.14 Å². The normalized spacial score (nSPS) is 13.8. The molecule has 0 spiro atoms. The zero-order chi connectivity index (χ0) is 27.4. The molecule has 1 nitrogen and oxygen atoms in total. The summed E-state index contributed by atoms with van der Waals surface area (Å²) in [6.45, 7) is 7.23. The first-order chi connectivity index (χ1) is 16.5. The molecule has 206 valence electrons. The van der Waals surface area contributed by atoms with Gasteiger partial charge in [-0.15, -0.1) is 0 Å². The van der Waals surface area contributed by atoms with Crippen LogP contribution in [0.4, 0.5) is 16.9 Å². The fourth-order valence-corrected chi connectivity index (χ4v) is 7.34. The zero-order valence-electron chi connectivity index (χ0n) is 21.5. The van der Waals surface area contributed by atoms with Gasteiger partial charge in [0.1, 0.15) is 5.75 Å². The number of halogens is 7. The quantitative estimate of drug-likeness (QED) is 0.0918. The molecular formula is C26H38F6IOSbSi. The van der Waals surface area contributed by atoms with Crippen molar-refractivity contribution in [2.24, 2.45) is 0 Å². The summed E-state index contributed by atoms with van der Waals surface area (Å²) < 4.78 is 68.2. The van der Waals surface area contributed by atoms with E-state index in [0.717, 1.165) is 21.7 Å². The van der Waals surface area contributed by atoms with Crippen LogP contribution in [0.1, 0.15) is 71.3 Å². The molecule has 0 aromatic heterocycles. The molecule has 0 N–H and O–H groups in total. The maximum atomic E-state index is 9.93. The molecule has 0 saturated heterocycles. The first-order valence-corrected chi connectivity index (χ1v) is 21.3. The minimum atomic E-state index is -11.2. The summed E-state index contributed by atoms with van der Waals surface area (Å²) in [6, 6.07) is 19.1. The first-order valence-electron chi connectivity index (χ1n) is 12.2. The number of aryl methyl sites for hydroxylation is 1. The summed E-state index contributed by atoms with van der Waals surface area (Å²) in [4.78, 5) is 0. The van der Waals surface area contributed by atoms with E-state index in [0.29, 0.717) is 5.04 Å². The molecule has 2 aromatic rings. The van der Waals surface area contributed by atoms with E-state index < -0.39 is 19.5 Å². The Morgan fingerprint density at radius 3 is 2.03 bits per heavy atom. The third kappa shape index (κ3) is 19.7. The number of benzene rings is 2. The third-order valence-corrected chi connectivity index (χ3v) is 9.77. The van der Waals surface area contributed by atoms with Crippen LogP contribution in [0.25, 0.3) is 0 Å². The van der Waals surface area contributed by atoms with Gasteiger partial charge in [-0.1, -0.05) is 90.0 Å². The Bertz CT molecular complexity index is 897. The van der Waals surface area contributed by atoms with Crippen LogP contribution in [-0.2, 0) is 6.42 Å². The Morgan fingerprint density at radius 2 is 1.44 bits per heavy atom. The molecule has 0 aliphatic heterocycles. The zero-order valence-corrected chi connectivity index (χ0v) is 27.2. The van der Waals surface area contributed by atoms with Crippen LogP contribution < -0.4 is 25.9 Å². The topological polar surface area (TPSA) is 9.23 Å². The summed E-state index contributed by atoms with van der Waals surface area (Å²) in [7, 11) is 2.86. The van der Waals surface area contributed by atoms with Crippen LogP contribution >= 0.6 is 0 Å². The molecule has 0 bridgehead atoms. The monoisotopic (exact) mass is 756 g/mol.